The van der Waals surface area contributed by atoms with E-state index in [0.717, 1.165) is 22.6 Å². The summed E-state index contributed by atoms with van der Waals surface area (Å²) in [5.41, 5.74) is 3.66. The molecule has 2 aromatic carbocycles. The number of aromatic nitrogens is 4. The van der Waals surface area contributed by atoms with Crippen LogP contribution in [0.15, 0.2) is 36.4 Å². The molecule has 9 nitrogen and oxygen atoms in total. The van der Waals surface area contributed by atoms with Gasteiger partial charge >= 0.3 is 0 Å². The van der Waals surface area contributed by atoms with E-state index >= 15 is 0 Å². The molecule has 0 amide bonds. The van der Waals surface area contributed by atoms with Gasteiger partial charge in [-0.1, -0.05) is 6.08 Å². The quantitative estimate of drug-likeness (QED) is 0.336. The smallest absolute Gasteiger partial charge is 0.253 e. The Balaban J connectivity index is 1.84. The molecule has 4 aromatic rings. The van der Waals surface area contributed by atoms with E-state index in [0.29, 0.717) is 40.2 Å². The summed E-state index contributed by atoms with van der Waals surface area (Å²) in [7, 11) is 6.50. The van der Waals surface area contributed by atoms with Gasteiger partial charge in [-0.15, -0.1) is 0 Å². The summed E-state index contributed by atoms with van der Waals surface area (Å²) >= 11 is 0. The molecular formula is C28H33N5O4. The fourth-order valence-electron chi connectivity index (χ4n) is 3.83. The Labute approximate surface area is 217 Å². The van der Waals surface area contributed by atoms with Crippen LogP contribution in [0.2, 0.25) is 0 Å². The largest absolute Gasteiger partial charge is 0.497 e. The van der Waals surface area contributed by atoms with Crippen LogP contribution in [-0.2, 0) is 0 Å². The average Bonchev–Trinajstić information content (AvgIpc) is 3.21. The zero-order chi connectivity index (χ0) is 26.7. The SMILES string of the molecule is COc1cc(/C=C/c2nc3nc(-c4cc(OC)cc(OC)c4)c(NC(C)(C)C)n3nc2C)cc(OC)c1. The molecule has 0 aliphatic carbocycles. The molecule has 0 atom stereocenters. The fourth-order valence-corrected chi connectivity index (χ4v) is 3.83. The number of hydrogen-bond acceptors (Lipinski definition) is 8. The van der Waals surface area contributed by atoms with Gasteiger partial charge in [0.1, 0.15) is 28.7 Å². The molecule has 0 saturated heterocycles. The third-order valence-corrected chi connectivity index (χ3v) is 5.60. The van der Waals surface area contributed by atoms with Gasteiger partial charge in [-0.3, -0.25) is 0 Å². The highest BCUT2D eigenvalue weighted by molar-refractivity contribution is 5.78. The number of nitrogens with zero attached hydrogens (tertiary/aromatic N) is 4. The van der Waals surface area contributed by atoms with Crippen molar-refractivity contribution >= 4 is 23.7 Å². The lowest BCUT2D eigenvalue weighted by atomic mass is 10.1. The van der Waals surface area contributed by atoms with Crippen molar-refractivity contribution < 1.29 is 18.9 Å². The molecule has 0 spiro atoms. The Hall–Kier alpha value is -4.27. The monoisotopic (exact) mass is 503 g/mol. The van der Waals surface area contributed by atoms with Crippen LogP contribution in [0.5, 0.6) is 23.0 Å². The first-order chi connectivity index (χ1) is 17.6. The van der Waals surface area contributed by atoms with Crippen LogP contribution in [0.25, 0.3) is 29.2 Å². The van der Waals surface area contributed by atoms with Gasteiger partial charge in [-0.2, -0.15) is 9.61 Å². The molecule has 0 fully saturated rings. The highest BCUT2D eigenvalue weighted by atomic mass is 16.5. The second-order valence-corrected chi connectivity index (χ2v) is 9.56. The van der Waals surface area contributed by atoms with E-state index in [2.05, 4.69) is 26.1 Å². The van der Waals surface area contributed by atoms with Crippen LogP contribution in [0, 0.1) is 6.92 Å². The molecule has 0 aliphatic rings. The maximum Gasteiger partial charge on any atom is 0.253 e. The summed E-state index contributed by atoms with van der Waals surface area (Å²) in [5.74, 6) is 3.96. The minimum atomic E-state index is -0.243. The third-order valence-electron chi connectivity index (χ3n) is 5.60. The van der Waals surface area contributed by atoms with E-state index in [1.807, 2.05) is 55.5 Å². The normalized spacial score (nSPS) is 11.7. The fraction of sp³-hybridized carbons (Fsp3) is 0.321. The van der Waals surface area contributed by atoms with Crippen molar-refractivity contribution in [2.24, 2.45) is 0 Å². The standard InChI is InChI=1S/C28H33N5O4/c1-17-24(10-9-18-11-20(34-5)15-21(12-18)35-6)29-27-30-25(26(33(27)32-17)31-28(2,3)4)19-13-22(36-7)16-23(14-19)37-8/h9-16,31H,1-8H3/b10-9+. The molecule has 0 aliphatic heterocycles. The number of fused-ring (bicyclic) bond motifs is 1. The van der Waals surface area contributed by atoms with Crippen LogP contribution < -0.4 is 24.3 Å². The van der Waals surface area contributed by atoms with Gasteiger partial charge in [-0.25, -0.2) is 9.97 Å². The summed E-state index contributed by atoms with van der Waals surface area (Å²) < 4.78 is 23.5. The van der Waals surface area contributed by atoms with E-state index in [1.54, 1.807) is 33.0 Å². The average molecular weight is 504 g/mol. The molecule has 1 N–H and O–H groups in total. The number of hydrogen-bond donors (Lipinski definition) is 1. The number of rotatable bonds is 8. The predicted molar refractivity (Wildman–Crippen MR) is 146 cm³/mol. The lowest BCUT2D eigenvalue weighted by Crippen LogP contribution is -2.27. The van der Waals surface area contributed by atoms with E-state index in [1.165, 1.54) is 0 Å². The van der Waals surface area contributed by atoms with Crippen LogP contribution in [0.4, 0.5) is 5.82 Å². The lowest BCUT2D eigenvalue weighted by Gasteiger charge is -2.22. The van der Waals surface area contributed by atoms with Gasteiger partial charge in [0.05, 0.1) is 39.8 Å². The second-order valence-electron chi connectivity index (χ2n) is 9.56. The van der Waals surface area contributed by atoms with E-state index in [4.69, 9.17) is 34.0 Å². The van der Waals surface area contributed by atoms with E-state index < -0.39 is 0 Å². The minimum absolute atomic E-state index is 0.243. The number of aryl methyl sites for hydroxylation is 1. The van der Waals surface area contributed by atoms with Gasteiger partial charge in [-0.05, 0) is 63.6 Å². The summed E-state index contributed by atoms with van der Waals surface area (Å²) in [6.07, 6.45) is 3.86. The van der Waals surface area contributed by atoms with Crippen LogP contribution in [0.3, 0.4) is 0 Å². The number of imidazole rings is 1. The van der Waals surface area contributed by atoms with E-state index in [-0.39, 0.29) is 5.54 Å². The minimum Gasteiger partial charge on any atom is -0.497 e. The van der Waals surface area contributed by atoms with Gasteiger partial charge in [0.15, 0.2) is 5.82 Å². The summed E-state index contributed by atoms with van der Waals surface area (Å²) in [6, 6.07) is 11.3. The molecule has 0 saturated carbocycles. The molecule has 2 heterocycles. The maximum atomic E-state index is 5.49. The number of anilines is 1. The number of methoxy groups -OCH3 is 4. The lowest BCUT2D eigenvalue weighted by molar-refractivity contribution is 0.394. The van der Waals surface area contributed by atoms with Gasteiger partial charge in [0.2, 0.25) is 0 Å². The van der Waals surface area contributed by atoms with Crippen LogP contribution >= 0.6 is 0 Å². The van der Waals surface area contributed by atoms with Crippen molar-refractivity contribution in [1.29, 1.82) is 0 Å². The van der Waals surface area contributed by atoms with Crippen LogP contribution in [0.1, 0.15) is 37.7 Å². The third kappa shape index (κ3) is 5.77. The number of nitrogens with one attached hydrogen (secondary N) is 1. The Morgan fingerprint density at radius 3 is 1.81 bits per heavy atom. The zero-order valence-electron chi connectivity index (χ0n) is 22.5. The van der Waals surface area contributed by atoms with Gasteiger partial charge in [0, 0.05) is 23.2 Å². The highest BCUT2D eigenvalue weighted by Crippen LogP contribution is 2.35. The molecule has 0 bridgehead atoms. The Kier molecular flexibility index (Phi) is 7.24. The molecule has 0 radical (unpaired) electrons. The van der Waals surface area contributed by atoms with Crippen molar-refractivity contribution in [2.75, 3.05) is 33.8 Å². The first kappa shape index (κ1) is 25.8. The van der Waals surface area contributed by atoms with Crippen molar-refractivity contribution in [3.05, 3.63) is 53.3 Å². The molecule has 37 heavy (non-hydrogen) atoms. The summed E-state index contributed by atoms with van der Waals surface area (Å²) in [6.45, 7) is 8.18. The zero-order valence-corrected chi connectivity index (χ0v) is 22.5. The number of ether oxygens (including phenoxy) is 4. The van der Waals surface area contributed by atoms with Crippen molar-refractivity contribution in [3.63, 3.8) is 0 Å². The maximum absolute atomic E-state index is 5.49. The highest BCUT2D eigenvalue weighted by Gasteiger charge is 2.22. The van der Waals surface area contributed by atoms with Crippen molar-refractivity contribution in [3.8, 4) is 34.3 Å². The number of benzene rings is 2. The van der Waals surface area contributed by atoms with Crippen LogP contribution in [-0.4, -0.2) is 53.6 Å². The summed E-state index contributed by atoms with van der Waals surface area (Å²) in [5, 5.41) is 8.38. The molecule has 9 heteroatoms. The second kappa shape index (κ2) is 10.4. The molecular weight excluding hydrogens is 470 g/mol. The van der Waals surface area contributed by atoms with Gasteiger partial charge in [0.25, 0.3) is 5.78 Å². The van der Waals surface area contributed by atoms with Crippen molar-refractivity contribution in [2.45, 2.75) is 33.2 Å². The Morgan fingerprint density at radius 1 is 0.757 bits per heavy atom. The predicted octanol–water partition coefficient (Wildman–Crippen LogP) is 5.51. The molecule has 2 aromatic heterocycles. The first-order valence-electron chi connectivity index (χ1n) is 11.8. The molecule has 4 rings (SSSR count). The molecule has 194 valence electrons. The van der Waals surface area contributed by atoms with E-state index in [9.17, 15) is 0 Å². The van der Waals surface area contributed by atoms with Crippen molar-refractivity contribution in [1.82, 2.24) is 19.6 Å². The van der Waals surface area contributed by atoms with Gasteiger partial charge < -0.3 is 24.3 Å². The first-order valence-corrected chi connectivity index (χ1v) is 11.8. The Bertz CT molecular complexity index is 1410. The Morgan fingerprint density at radius 2 is 1.30 bits per heavy atom. The topological polar surface area (TPSA) is 92.0 Å². The molecule has 0 unspecified atom stereocenters. The summed E-state index contributed by atoms with van der Waals surface area (Å²) in [4.78, 5) is 9.71.